The quantitative estimate of drug-likeness (QED) is 0.788. The molecule has 0 radical (unpaired) electrons. The summed E-state index contributed by atoms with van der Waals surface area (Å²) in [6.07, 6.45) is -3.13. The van der Waals surface area contributed by atoms with Gasteiger partial charge in [0.1, 0.15) is 11.8 Å². The number of aromatic nitrogens is 2. The summed E-state index contributed by atoms with van der Waals surface area (Å²) in [5.41, 5.74) is 1.72. The van der Waals surface area contributed by atoms with Crippen molar-refractivity contribution in [3.8, 4) is 11.3 Å². The minimum atomic E-state index is -2.88. The van der Waals surface area contributed by atoms with E-state index in [2.05, 4.69) is 15.3 Å². The molecule has 3 N–H and O–H groups in total. The summed E-state index contributed by atoms with van der Waals surface area (Å²) in [6.45, 7) is 1.38. The summed E-state index contributed by atoms with van der Waals surface area (Å²) in [5.74, 6) is -0.553. The molecule has 0 aliphatic carbocycles. The number of hydrogen-bond acceptors (Lipinski definition) is 4. The maximum atomic E-state index is 12.1. The highest BCUT2D eigenvalue weighted by molar-refractivity contribution is 7.09. The van der Waals surface area contributed by atoms with Crippen molar-refractivity contribution < 1.29 is 18.7 Å². The number of alkyl halides is 2. The van der Waals surface area contributed by atoms with Gasteiger partial charge in [-0.3, -0.25) is 4.79 Å². The molecule has 1 atom stereocenters. The van der Waals surface area contributed by atoms with Gasteiger partial charge in [0, 0.05) is 23.7 Å². The topological polar surface area (TPSA) is 78.0 Å². The number of halogens is 2. The summed E-state index contributed by atoms with van der Waals surface area (Å²) in [5, 5.41) is 13.9. The number of aromatic amines is 1. The van der Waals surface area contributed by atoms with Gasteiger partial charge in [0.05, 0.1) is 10.7 Å². The Morgan fingerprint density at radius 1 is 1.60 bits per heavy atom. The van der Waals surface area contributed by atoms with Gasteiger partial charge in [-0.2, -0.15) is 0 Å². The van der Waals surface area contributed by atoms with Crippen LogP contribution in [0.1, 0.15) is 15.5 Å². The molecule has 0 spiro atoms. The van der Waals surface area contributed by atoms with E-state index in [-0.39, 0.29) is 5.69 Å². The van der Waals surface area contributed by atoms with Crippen LogP contribution >= 0.6 is 11.3 Å². The fourth-order valence-corrected chi connectivity index (χ4v) is 2.17. The molecule has 0 aromatic carbocycles. The van der Waals surface area contributed by atoms with Crippen LogP contribution in [-0.4, -0.2) is 40.1 Å². The van der Waals surface area contributed by atoms with E-state index in [0.29, 0.717) is 0 Å². The summed E-state index contributed by atoms with van der Waals surface area (Å²) >= 11 is 1.49. The Morgan fingerprint density at radius 3 is 2.95 bits per heavy atom. The third-order valence-corrected chi connectivity index (χ3v) is 3.38. The Bertz CT molecular complexity index is 597. The van der Waals surface area contributed by atoms with Gasteiger partial charge in [-0.05, 0) is 13.0 Å². The van der Waals surface area contributed by atoms with E-state index in [4.69, 9.17) is 5.11 Å². The van der Waals surface area contributed by atoms with E-state index in [0.717, 1.165) is 16.3 Å². The van der Waals surface area contributed by atoms with Gasteiger partial charge < -0.3 is 15.4 Å². The third kappa shape index (κ3) is 3.40. The SMILES string of the molecule is Cc1nc(-c2c[nH]c(C(=O)NCC(O)C(F)F)c2)cs1. The number of nitrogens with zero attached hydrogens (tertiary/aromatic N) is 1. The lowest BCUT2D eigenvalue weighted by atomic mass is 10.2. The lowest BCUT2D eigenvalue weighted by molar-refractivity contribution is -0.00272. The number of aliphatic hydroxyl groups excluding tert-OH is 1. The van der Waals surface area contributed by atoms with Crippen molar-refractivity contribution in [3.63, 3.8) is 0 Å². The van der Waals surface area contributed by atoms with Gasteiger partial charge in [0.2, 0.25) is 0 Å². The second-order valence-electron chi connectivity index (χ2n) is 4.17. The Hall–Kier alpha value is -1.80. The van der Waals surface area contributed by atoms with Crippen LogP contribution < -0.4 is 5.32 Å². The fourth-order valence-electron chi connectivity index (χ4n) is 1.55. The molecule has 2 aromatic heterocycles. The summed E-state index contributed by atoms with van der Waals surface area (Å²) < 4.78 is 24.2. The Labute approximate surface area is 117 Å². The van der Waals surface area contributed by atoms with E-state index in [1.54, 1.807) is 12.3 Å². The molecule has 0 fully saturated rings. The zero-order valence-electron chi connectivity index (χ0n) is 10.6. The van der Waals surface area contributed by atoms with Crippen molar-refractivity contribution in [3.05, 3.63) is 28.3 Å². The van der Waals surface area contributed by atoms with Crippen LogP contribution in [0.3, 0.4) is 0 Å². The van der Waals surface area contributed by atoms with Gasteiger partial charge in [0.25, 0.3) is 12.3 Å². The number of nitrogens with one attached hydrogen (secondary N) is 2. The Balaban J connectivity index is 2.00. The number of aliphatic hydroxyl groups is 1. The molecule has 8 heteroatoms. The number of thiazole rings is 1. The number of aryl methyl sites for hydroxylation is 1. The van der Waals surface area contributed by atoms with Crippen molar-refractivity contribution in [1.82, 2.24) is 15.3 Å². The van der Waals surface area contributed by atoms with Crippen LogP contribution in [0.5, 0.6) is 0 Å². The van der Waals surface area contributed by atoms with Gasteiger partial charge in [0.15, 0.2) is 0 Å². The third-order valence-electron chi connectivity index (χ3n) is 2.61. The first-order chi connectivity index (χ1) is 9.47. The second kappa shape index (κ2) is 6.10. The predicted molar refractivity (Wildman–Crippen MR) is 71.0 cm³/mol. The molecule has 2 heterocycles. The highest BCUT2D eigenvalue weighted by Gasteiger charge is 2.18. The molecule has 2 rings (SSSR count). The van der Waals surface area contributed by atoms with E-state index in [9.17, 15) is 13.6 Å². The second-order valence-corrected chi connectivity index (χ2v) is 5.23. The van der Waals surface area contributed by atoms with Crippen LogP contribution in [0.2, 0.25) is 0 Å². The standard InChI is InChI=1S/C12H13F2N3O2S/c1-6-17-9(5-20-6)7-2-8(15-3-7)12(19)16-4-10(18)11(13)14/h2-3,5,10-11,15,18H,4H2,1H3,(H,16,19). The van der Waals surface area contributed by atoms with E-state index >= 15 is 0 Å². The first kappa shape index (κ1) is 14.6. The van der Waals surface area contributed by atoms with E-state index in [1.165, 1.54) is 11.3 Å². The van der Waals surface area contributed by atoms with Gasteiger partial charge in [-0.25, -0.2) is 13.8 Å². The largest absolute Gasteiger partial charge is 0.385 e. The average Bonchev–Trinajstić information content (AvgIpc) is 3.03. The minimum Gasteiger partial charge on any atom is -0.385 e. The minimum absolute atomic E-state index is 0.229. The lowest BCUT2D eigenvalue weighted by Crippen LogP contribution is -2.35. The van der Waals surface area contributed by atoms with Crippen molar-refractivity contribution >= 4 is 17.2 Å². The fraction of sp³-hybridized carbons (Fsp3) is 0.333. The molecule has 20 heavy (non-hydrogen) atoms. The van der Waals surface area contributed by atoms with E-state index < -0.39 is 25.0 Å². The van der Waals surface area contributed by atoms with E-state index in [1.807, 2.05) is 12.3 Å². The molecule has 0 saturated carbocycles. The lowest BCUT2D eigenvalue weighted by Gasteiger charge is -2.09. The average molecular weight is 301 g/mol. The Morgan fingerprint density at radius 2 is 2.35 bits per heavy atom. The molecular formula is C12H13F2N3O2S. The molecule has 0 aliphatic rings. The number of rotatable bonds is 5. The van der Waals surface area contributed by atoms with Crippen LogP contribution in [0, 0.1) is 6.92 Å². The molecule has 0 saturated heterocycles. The number of carbonyl (C=O) groups is 1. The number of amides is 1. The predicted octanol–water partition coefficient (Wildman–Crippen LogP) is 1.80. The molecule has 1 amide bonds. The molecule has 0 aliphatic heterocycles. The van der Waals surface area contributed by atoms with Crippen LogP contribution in [0.4, 0.5) is 8.78 Å². The number of carbonyl (C=O) groups excluding carboxylic acids is 1. The summed E-state index contributed by atoms with van der Waals surface area (Å²) in [4.78, 5) is 18.7. The van der Waals surface area contributed by atoms with Gasteiger partial charge >= 0.3 is 0 Å². The van der Waals surface area contributed by atoms with Crippen molar-refractivity contribution in [1.29, 1.82) is 0 Å². The molecule has 108 valence electrons. The van der Waals surface area contributed by atoms with Crippen molar-refractivity contribution in [2.24, 2.45) is 0 Å². The number of H-pyrrole nitrogens is 1. The zero-order chi connectivity index (χ0) is 14.7. The monoisotopic (exact) mass is 301 g/mol. The van der Waals surface area contributed by atoms with Crippen molar-refractivity contribution in [2.45, 2.75) is 19.5 Å². The van der Waals surface area contributed by atoms with Crippen LogP contribution in [0.25, 0.3) is 11.3 Å². The first-order valence-electron chi connectivity index (χ1n) is 5.82. The van der Waals surface area contributed by atoms with Crippen molar-refractivity contribution in [2.75, 3.05) is 6.54 Å². The highest BCUT2D eigenvalue weighted by Crippen LogP contribution is 2.22. The summed E-state index contributed by atoms with van der Waals surface area (Å²) in [7, 11) is 0. The maximum Gasteiger partial charge on any atom is 0.267 e. The smallest absolute Gasteiger partial charge is 0.267 e. The molecule has 2 aromatic rings. The zero-order valence-corrected chi connectivity index (χ0v) is 11.4. The van der Waals surface area contributed by atoms with Crippen LogP contribution in [-0.2, 0) is 0 Å². The van der Waals surface area contributed by atoms with Gasteiger partial charge in [-0.15, -0.1) is 11.3 Å². The summed E-state index contributed by atoms with van der Waals surface area (Å²) in [6, 6.07) is 1.58. The molecule has 5 nitrogen and oxygen atoms in total. The molecular weight excluding hydrogens is 288 g/mol. The molecule has 0 bridgehead atoms. The normalized spacial score (nSPS) is 12.7. The number of hydrogen-bond donors (Lipinski definition) is 3. The van der Waals surface area contributed by atoms with Crippen LogP contribution in [0.15, 0.2) is 17.6 Å². The maximum absolute atomic E-state index is 12.1. The highest BCUT2D eigenvalue weighted by atomic mass is 32.1. The molecule has 1 unspecified atom stereocenters. The Kier molecular flexibility index (Phi) is 4.46. The first-order valence-corrected chi connectivity index (χ1v) is 6.70. The van der Waals surface area contributed by atoms with Gasteiger partial charge in [-0.1, -0.05) is 0 Å².